The topological polar surface area (TPSA) is 106 Å². The first kappa shape index (κ1) is 30.4. The molecule has 1 saturated carbocycles. The number of pyridine rings is 1. The van der Waals surface area contributed by atoms with Crippen molar-refractivity contribution >= 4 is 33.9 Å². The zero-order valence-corrected chi connectivity index (χ0v) is 25.5. The van der Waals surface area contributed by atoms with Gasteiger partial charge in [-0.05, 0) is 75.4 Å². The van der Waals surface area contributed by atoms with Gasteiger partial charge in [-0.25, -0.2) is 14.4 Å². The molecule has 1 aliphatic carbocycles. The Labute approximate surface area is 262 Å². The van der Waals surface area contributed by atoms with Crippen molar-refractivity contribution in [3.63, 3.8) is 0 Å². The molecule has 7 rings (SSSR count). The van der Waals surface area contributed by atoms with Crippen LogP contribution in [0.2, 0.25) is 0 Å². The smallest absolute Gasteiger partial charge is 0.348 e. The third kappa shape index (κ3) is 5.54. The fourth-order valence-corrected chi connectivity index (χ4v) is 6.76. The van der Waals surface area contributed by atoms with Crippen molar-refractivity contribution in [2.45, 2.75) is 63.6 Å². The number of aryl methyl sites for hydroxylation is 2. The summed E-state index contributed by atoms with van der Waals surface area (Å²) in [6.07, 6.45) is 0.601. The summed E-state index contributed by atoms with van der Waals surface area (Å²) in [5.74, 6) is -0.142. The maximum atomic E-state index is 14.5. The van der Waals surface area contributed by atoms with Crippen LogP contribution in [0.1, 0.15) is 60.3 Å². The third-order valence-electron chi connectivity index (χ3n) is 9.43. The minimum Gasteiger partial charge on any atom is -0.348 e. The van der Waals surface area contributed by atoms with Gasteiger partial charge in [0.1, 0.15) is 11.8 Å². The minimum absolute atomic E-state index is 0.00106. The molecule has 4 aromatic rings. The summed E-state index contributed by atoms with van der Waals surface area (Å²) in [5, 5.41) is 9.41. The molecule has 13 heteroatoms. The monoisotopic (exact) mass is 637 g/mol. The summed E-state index contributed by atoms with van der Waals surface area (Å²) in [4.78, 5) is 35.5. The van der Waals surface area contributed by atoms with Gasteiger partial charge >= 0.3 is 6.18 Å². The Hall–Kier alpha value is -4.26. The number of benzene rings is 1. The van der Waals surface area contributed by atoms with E-state index >= 15 is 0 Å². The molecule has 2 fully saturated rings. The number of alkyl halides is 4. The molecule has 2 aliphatic heterocycles. The summed E-state index contributed by atoms with van der Waals surface area (Å²) in [7, 11) is 1.53. The molecule has 3 aliphatic rings. The van der Waals surface area contributed by atoms with E-state index in [0.29, 0.717) is 42.5 Å². The lowest BCUT2D eigenvalue weighted by Crippen LogP contribution is -2.52. The van der Waals surface area contributed by atoms with Crippen LogP contribution in [0.3, 0.4) is 0 Å². The van der Waals surface area contributed by atoms with Crippen LogP contribution in [0.25, 0.3) is 33.6 Å². The second-order valence-corrected chi connectivity index (χ2v) is 12.6. The van der Waals surface area contributed by atoms with Gasteiger partial charge in [0.15, 0.2) is 5.82 Å². The Kier molecular flexibility index (Phi) is 7.61. The second-order valence-electron chi connectivity index (χ2n) is 12.6. The number of fused-ring (bicyclic) bond motifs is 3. The molecule has 5 atom stereocenters. The first-order chi connectivity index (χ1) is 22.0. The van der Waals surface area contributed by atoms with Crippen molar-refractivity contribution in [1.82, 2.24) is 35.1 Å². The number of carbonyl (C=O) groups excluding carboxylic acids is 2. The van der Waals surface area contributed by atoms with Gasteiger partial charge in [-0.2, -0.15) is 13.2 Å². The molecule has 242 valence electrons. The van der Waals surface area contributed by atoms with E-state index in [4.69, 9.17) is 4.98 Å². The van der Waals surface area contributed by atoms with Crippen LogP contribution in [0, 0.1) is 11.8 Å². The molecular formula is C33H35F4N7O2. The normalized spacial score (nSPS) is 26.0. The fourth-order valence-electron chi connectivity index (χ4n) is 6.76. The molecule has 9 nitrogen and oxygen atoms in total. The highest BCUT2D eigenvalue weighted by Crippen LogP contribution is 2.42. The van der Waals surface area contributed by atoms with Gasteiger partial charge in [-0.15, -0.1) is 0 Å². The molecule has 3 N–H and O–H groups in total. The average molecular weight is 638 g/mol. The maximum Gasteiger partial charge on any atom is 0.418 e. The number of imidazole rings is 1. The summed E-state index contributed by atoms with van der Waals surface area (Å²) < 4.78 is 61.3. The molecule has 2 bridgehead atoms. The number of aromatic nitrogens is 4. The van der Waals surface area contributed by atoms with Crippen LogP contribution in [0.5, 0.6) is 0 Å². The lowest BCUT2D eigenvalue weighted by molar-refractivity contribution is -0.136. The Balaban J connectivity index is 1.32. The molecule has 0 spiro atoms. The van der Waals surface area contributed by atoms with E-state index in [1.165, 1.54) is 17.7 Å². The van der Waals surface area contributed by atoms with Crippen LogP contribution in [0.4, 0.5) is 17.6 Å². The lowest BCUT2D eigenvalue weighted by atomic mass is 10.0. The third-order valence-corrected chi connectivity index (χ3v) is 9.43. The molecular weight excluding hydrogens is 602 g/mol. The van der Waals surface area contributed by atoms with Crippen LogP contribution in [-0.4, -0.2) is 56.2 Å². The predicted molar refractivity (Wildman–Crippen MR) is 165 cm³/mol. The summed E-state index contributed by atoms with van der Waals surface area (Å²) in [6, 6.07) is 6.57. The Bertz CT molecular complexity index is 1880. The zero-order valence-electron chi connectivity index (χ0n) is 25.5. The molecule has 46 heavy (non-hydrogen) atoms. The highest BCUT2D eigenvalue weighted by molar-refractivity contribution is 5.99. The summed E-state index contributed by atoms with van der Waals surface area (Å²) in [5.41, 5.74) is 0.482. The lowest BCUT2D eigenvalue weighted by Gasteiger charge is -2.27. The first-order valence-corrected chi connectivity index (χ1v) is 15.7. The van der Waals surface area contributed by atoms with E-state index in [1.807, 2.05) is 29.7 Å². The molecule has 1 saturated heterocycles. The van der Waals surface area contributed by atoms with E-state index in [-0.39, 0.29) is 53.3 Å². The number of carbonyl (C=O) groups is 2. The van der Waals surface area contributed by atoms with Crippen LogP contribution >= 0.6 is 0 Å². The van der Waals surface area contributed by atoms with E-state index in [0.717, 1.165) is 24.3 Å². The predicted octanol–water partition coefficient (Wildman–Crippen LogP) is 5.20. The number of piperidine rings is 1. The van der Waals surface area contributed by atoms with Crippen LogP contribution in [-0.2, 0) is 24.6 Å². The van der Waals surface area contributed by atoms with Crippen molar-refractivity contribution in [3.05, 3.63) is 59.3 Å². The van der Waals surface area contributed by atoms with Crippen LogP contribution in [0.15, 0.2) is 42.5 Å². The number of nitrogens with zero attached hydrogens (tertiary/aromatic N) is 4. The SMILES string of the molecule is C[C@H]1NC(=O)[C@@H]2C[C@H]2C/C=C/CCn2c(-c3nc4cc(C(=O)N[C@H]5CNCC[C@@H]5F)cc(C(F)(F)F)c4n3C)cc3ccc1nc32. The molecule has 1 aromatic carbocycles. The number of amides is 2. The van der Waals surface area contributed by atoms with Crippen molar-refractivity contribution < 1.29 is 27.2 Å². The molecule has 2 amide bonds. The van der Waals surface area contributed by atoms with Gasteiger partial charge in [0, 0.05) is 37.0 Å². The number of hydrogen-bond donors (Lipinski definition) is 3. The van der Waals surface area contributed by atoms with Crippen LogP contribution < -0.4 is 16.0 Å². The quantitative estimate of drug-likeness (QED) is 0.212. The minimum atomic E-state index is -4.78. The Morgan fingerprint density at radius 1 is 1.13 bits per heavy atom. The van der Waals surface area contributed by atoms with Gasteiger partial charge in [0.25, 0.3) is 5.91 Å². The standard InChI is InChI=1S/C33H35F4N7O2/c1-17-24-8-7-19-15-27(44(29(19)40-24)11-5-3-4-6-18-12-21(18)32(46)39-17)30-41-25-14-20(13-22(33(35,36)37)28(25)43(30)2)31(45)42-26-16-38-10-9-23(26)34/h3-4,7-8,13-15,17-18,21,23,26,38H,5-6,9-12,16H2,1-2H3,(H,39,46)(H,42,45)/b4-3+/t17-,18-,21-,23+,26+/m1/s1. The van der Waals surface area contributed by atoms with Gasteiger partial charge in [-0.3, -0.25) is 9.59 Å². The number of hydrogen-bond acceptors (Lipinski definition) is 5. The van der Waals surface area contributed by atoms with Gasteiger partial charge in [0.05, 0.1) is 40.1 Å². The van der Waals surface area contributed by atoms with Gasteiger partial charge < -0.3 is 25.1 Å². The number of allylic oxidation sites excluding steroid dienone is 2. The van der Waals surface area contributed by atoms with Gasteiger partial charge in [0.2, 0.25) is 5.91 Å². The highest BCUT2D eigenvalue weighted by Gasteiger charge is 2.42. The first-order valence-electron chi connectivity index (χ1n) is 15.7. The van der Waals surface area contributed by atoms with Crippen molar-refractivity contribution in [2.75, 3.05) is 13.1 Å². The van der Waals surface area contributed by atoms with Crippen molar-refractivity contribution in [3.8, 4) is 11.5 Å². The van der Waals surface area contributed by atoms with Crippen molar-refractivity contribution in [1.29, 1.82) is 0 Å². The Morgan fingerprint density at radius 2 is 1.96 bits per heavy atom. The largest absolute Gasteiger partial charge is 0.418 e. The van der Waals surface area contributed by atoms with E-state index in [2.05, 4.69) is 33.1 Å². The number of rotatable bonds is 3. The average Bonchev–Trinajstić information content (AvgIpc) is 3.60. The van der Waals surface area contributed by atoms with E-state index in [9.17, 15) is 27.2 Å². The maximum absolute atomic E-state index is 14.5. The fraction of sp³-hybridized carbons (Fsp3) is 0.455. The zero-order chi connectivity index (χ0) is 32.3. The molecule has 0 radical (unpaired) electrons. The number of nitrogens with one attached hydrogen (secondary N) is 3. The molecule has 5 heterocycles. The van der Waals surface area contributed by atoms with E-state index in [1.54, 1.807) is 0 Å². The second kappa shape index (κ2) is 11.5. The highest BCUT2D eigenvalue weighted by atomic mass is 19.4. The molecule has 0 unspecified atom stereocenters. The Morgan fingerprint density at radius 3 is 2.74 bits per heavy atom. The van der Waals surface area contributed by atoms with E-state index < -0.39 is 29.9 Å². The van der Waals surface area contributed by atoms with Crippen molar-refractivity contribution in [2.24, 2.45) is 18.9 Å². The summed E-state index contributed by atoms with van der Waals surface area (Å²) in [6.45, 7) is 3.05. The summed E-state index contributed by atoms with van der Waals surface area (Å²) >= 11 is 0. The number of halogens is 4. The van der Waals surface area contributed by atoms with Gasteiger partial charge in [-0.1, -0.05) is 12.2 Å². The molecule has 3 aromatic heterocycles.